The number of allylic oxidation sites excluding steroid dienone is 2. The summed E-state index contributed by atoms with van der Waals surface area (Å²) in [6.07, 6.45) is 2.50. The largest absolute Gasteiger partial charge is 0.507 e. The van der Waals surface area contributed by atoms with Crippen LogP contribution in [0.25, 0.3) is 11.1 Å². The lowest BCUT2D eigenvalue weighted by atomic mass is 9.99. The summed E-state index contributed by atoms with van der Waals surface area (Å²) in [4.78, 5) is 15.3. The molecular formula is C17H14ClNO3. The minimum absolute atomic E-state index is 0.0135. The van der Waals surface area contributed by atoms with E-state index in [1.165, 1.54) is 6.07 Å². The number of aromatic hydroxyl groups is 1. The molecule has 1 aliphatic carbocycles. The number of phenols is 1. The highest BCUT2D eigenvalue weighted by Gasteiger charge is 2.23. The molecule has 0 atom stereocenters. The van der Waals surface area contributed by atoms with Gasteiger partial charge in [-0.3, -0.25) is 0 Å². The van der Waals surface area contributed by atoms with Gasteiger partial charge in [0, 0.05) is 5.56 Å². The number of rotatable bonds is 3. The number of nitrogens with zero attached hydrogens (tertiary/aromatic N) is 1. The molecule has 5 heteroatoms. The summed E-state index contributed by atoms with van der Waals surface area (Å²) in [5.74, 6) is -0.918. The SMILES string of the molecule is O=C(O)c1cccc(C2=C(c3c(O)cccc3Cl)CCC2)n1. The molecule has 1 aromatic carbocycles. The van der Waals surface area contributed by atoms with Gasteiger partial charge in [0.25, 0.3) is 0 Å². The van der Waals surface area contributed by atoms with Gasteiger partial charge in [-0.2, -0.15) is 0 Å². The Morgan fingerprint density at radius 3 is 2.55 bits per heavy atom. The lowest BCUT2D eigenvalue weighted by Crippen LogP contribution is -2.02. The Labute approximate surface area is 132 Å². The zero-order valence-corrected chi connectivity index (χ0v) is 12.5. The van der Waals surface area contributed by atoms with Gasteiger partial charge in [0.2, 0.25) is 0 Å². The molecule has 0 spiro atoms. The summed E-state index contributed by atoms with van der Waals surface area (Å²) in [7, 11) is 0. The average Bonchev–Trinajstić information content (AvgIpc) is 2.96. The number of carboxylic acids is 1. The molecule has 2 N–H and O–H groups in total. The van der Waals surface area contributed by atoms with E-state index in [0.29, 0.717) is 16.3 Å². The molecule has 3 rings (SSSR count). The molecule has 0 saturated heterocycles. The van der Waals surface area contributed by atoms with Crippen LogP contribution in [0.2, 0.25) is 5.02 Å². The van der Waals surface area contributed by atoms with E-state index in [2.05, 4.69) is 4.98 Å². The standard InChI is InChI=1S/C17H14ClNO3/c18-12-6-2-9-15(20)16(12)11-5-1-4-10(11)13-7-3-8-14(19-13)17(21)22/h2-3,6-9,20H,1,4-5H2,(H,21,22). The molecule has 0 bridgehead atoms. The van der Waals surface area contributed by atoms with Gasteiger partial charge in [-0.1, -0.05) is 23.7 Å². The van der Waals surface area contributed by atoms with Gasteiger partial charge in [0.1, 0.15) is 11.4 Å². The number of phenolic OH excluding ortho intramolecular Hbond substituents is 1. The minimum Gasteiger partial charge on any atom is -0.507 e. The molecule has 0 aliphatic heterocycles. The second kappa shape index (κ2) is 5.81. The first-order valence-corrected chi connectivity index (χ1v) is 7.36. The number of halogens is 1. The Bertz CT molecular complexity index is 763. The van der Waals surface area contributed by atoms with Crippen molar-refractivity contribution in [2.24, 2.45) is 0 Å². The average molecular weight is 316 g/mol. The molecular weight excluding hydrogens is 302 g/mol. The van der Waals surface area contributed by atoms with Gasteiger partial charge in [-0.05, 0) is 54.7 Å². The maximum Gasteiger partial charge on any atom is 0.354 e. The second-order valence-corrected chi connectivity index (χ2v) is 5.57. The number of aromatic carboxylic acids is 1. The highest BCUT2D eigenvalue weighted by molar-refractivity contribution is 6.33. The Morgan fingerprint density at radius 2 is 1.82 bits per heavy atom. The number of aromatic nitrogens is 1. The van der Waals surface area contributed by atoms with Crippen LogP contribution in [-0.2, 0) is 0 Å². The van der Waals surface area contributed by atoms with E-state index >= 15 is 0 Å². The van der Waals surface area contributed by atoms with E-state index < -0.39 is 5.97 Å². The molecule has 0 radical (unpaired) electrons. The maximum absolute atomic E-state index is 11.1. The molecule has 1 aromatic heterocycles. The third-order valence-corrected chi connectivity index (χ3v) is 4.10. The Balaban J connectivity index is 2.16. The summed E-state index contributed by atoms with van der Waals surface area (Å²) in [6, 6.07) is 9.97. The van der Waals surface area contributed by atoms with Crippen molar-refractivity contribution in [1.82, 2.24) is 4.98 Å². The topological polar surface area (TPSA) is 70.4 Å². The highest BCUT2D eigenvalue weighted by atomic mass is 35.5. The van der Waals surface area contributed by atoms with E-state index in [9.17, 15) is 9.90 Å². The van der Waals surface area contributed by atoms with Crippen LogP contribution in [0.5, 0.6) is 5.75 Å². The van der Waals surface area contributed by atoms with E-state index in [-0.39, 0.29) is 11.4 Å². The van der Waals surface area contributed by atoms with Crippen LogP contribution in [0, 0.1) is 0 Å². The molecule has 1 aliphatic rings. The summed E-state index contributed by atoms with van der Waals surface area (Å²) in [5.41, 5.74) is 3.16. The van der Waals surface area contributed by atoms with Gasteiger partial charge in [0.05, 0.1) is 10.7 Å². The summed E-state index contributed by atoms with van der Waals surface area (Å²) >= 11 is 6.24. The zero-order chi connectivity index (χ0) is 15.7. The first-order valence-electron chi connectivity index (χ1n) is 6.98. The van der Waals surface area contributed by atoms with Crippen LogP contribution < -0.4 is 0 Å². The predicted molar refractivity (Wildman–Crippen MR) is 85.0 cm³/mol. The number of benzene rings is 1. The van der Waals surface area contributed by atoms with Crippen molar-refractivity contribution in [2.75, 3.05) is 0 Å². The number of pyridine rings is 1. The van der Waals surface area contributed by atoms with Crippen molar-refractivity contribution in [3.8, 4) is 5.75 Å². The van der Waals surface area contributed by atoms with Crippen LogP contribution in [-0.4, -0.2) is 21.2 Å². The number of hydrogen-bond acceptors (Lipinski definition) is 3. The van der Waals surface area contributed by atoms with Gasteiger partial charge in [0.15, 0.2) is 0 Å². The van der Waals surface area contributed by atoms with E-state index in [4.69, 9.17) is 16.7 Å². The van der Waals surface area contributed by atoms with Gasteiger partial charge in [-0.15, -0.1) is 0 Å². The monoisotopic (exact) mass is 315 g/mol. The zero-order valence-electron chi connectivity index (χ0n) is 11.7. The van der Waals surface area contributed by atoms with Crippen LogP contribution >= 0.6 is 11.6 Å². The van der Waals surface area contributed by atoms with Crippen molar-refractivity contribution < 1.29 is 15.0 Å². The van der Waals surface area contributed by atoms with E-state index in [1.54, 1.807) is 30.3 Å². The Morgan fingerprint density at radius 1 is 1.09 bits per heavy atom. The first kappa shape index (κ1) is 14.6. The molecule has 0 unspecified atom stereocenters. The smallest absolute Gasteiger partial charge is 0.354 e. The van der Waals surface area contributed by atoms with Crippen LogP contribution in [0.4, 0.5) is 0 Å². The number of hydrogen-bond donors (Lipinski definition) is 2. The van der Waals surface area contributed by atoms with Gasteiger partial charge >= 0.3 is 5.97 Å². The summed E-state index contributed by atoms with van der Waals surface area (Å²) in [5, 5.41) is 19.7. The van der Waals surface area contributed by atoms with Crippen LogP contribution in [0.3, 0.4) is 0 Å². The lowest BCUT2D eigenvalue weighted by molar-refractivity contribution is 0.0690. The molecule has 2 aromatic rings. The lowest BCUT2D eigenvalue weighted by Gasteiger charge is -2.11. The fourth-order valence-corrected chi connectivity index (χ4v) is 3.12. The third kappa shape index (κ3) is 2.57. The molecule has 0 saturated carbocycles. The minimum atomic E-state index is -1.05. The first-order chi connectivity index (χ1) is 10.6. The molecule has 112 valence electrons. The van der Waals surface area contributed by atoms with E-state index in [0.717, 1.165) is 30.4 Å². The molecule has 0 amide bonds. The quantitative estimate of drug-likeness (QED) is 0.889. The highest BCUT2D eigenvalue weighted by Crippen LogP contribution is 2.44. The van der Waals surface area contributed by atoms with Gasteiger partial charge in [-0.25, -0.2) is 9.78 Å². The Hall–Kier alpha value is -2.33. The fourth-order valence-electron chi connectivity index (χ4n) is 2.84. The fraction of sp³-hybridized carbons (Fsp3) is 0.176. The van der Waals surface area contributed by atoms with Crippen molar-refractivity contribution in [1.29, 1.82) is 0 Å². The normalized spacial score (nSPS) is 14.4. The summed E-state index contributed by atoms with van der Waals surface area (Å²) < 4.78 is 0. The summed E-state index contributed by atoms with van der Waals surface area (Å²) in [6.45, 7) is 0. The maximum atomic E-state index is 11.1. The van der Waals surface area contributed by atoms with Crippen molar-refractivity contribution >= 4 is 28.7 Å². The van der Waals surface area contributed by atoms with Crippen molar-refractivity contribution in [3.63, 3.8) is 0 Å². The number of carboxylic acid groups (broad SMARTS) is 1. The Kier molecular flexibility index (Phi) is 3.86. The predicted octanol–water partition coefficient (Wildman–Crippen LogP) is 4.23. The van der Waals surface area contributed by atoms with Crippen LogP contribution in [0.15, 0.2) is 36.4 Å². The molecule has 1 heterocycles. The van der Waals surface area contributed by atoms with Crippen molar-refractivity contribution in [3.05, 3.63) is 58.4 Å². The molecule has 0 fully saturated rings. The second-order valence-electron chi connectivity index (χ2n) is 5.16. The van der Waals surface area contributed by atoms with Gasteiger partial charge < -0.3 is 10.2 Å². The molecule has 22 heavy (non-hydrogen) atoms. The third-order valence-electron chi connectivity index (χ3n) is 3.79. The van der Waals surface area contributed by atoms with Crippen molar-refractivity contribution in [2.45, 2.75) is 19.3 Å². The van der Waals surface area contributed by atoms with Crippen LogP contribution in [0.1, 0.15) is 41.0 Å². The molecule has 4 nitrogen and oxygen atoms in total. The number of carbonyl (C=O) groups is 1. The van der Waals surface area contributed by atoms with E-state index in [1.807, 2.05) is 0 Å².